The van der Waals surface area contributed by atoms with Gasteiger partial charge in [-0.2, -0.15) is 5.26 Å². The van der Waals surface area contributed by atoms with Crippen molar-refractivity contribution in [2.45, 2.75) is 51.1 Å². The molecule has 1 aromatic heterocycles. The third-order valence-corrected chi connectivity index (χ3v) is 7.66. The van der Waals surface area contributed by atoms with Crippen molar-refractivity contribution in [1.82, 2.24) is 15.2 Å². The van der Waals surface area contributed by atoms with Crippen molar-refractivity contribution in [2.75, 3.05) is 20.2 Å². The van der Waals surface area contributed by atoms with E-state index in [1.54, 1.807) is 19.4 Å². The van der Waals surface area contributed by atoms with Crippen LogP contribution in [-0.2, 0) is 13.0 Å². The van der Waals surface area contributed by atoms with Crippen LogP contribution in [0.15, 0.2) is 48.7 Å². The van der Waals surface area contributed by atoms with Crippen molar-refractivity contribution in [2.24, 2.45) is 5.92 Å². The van der Waals surface area contributed by atoms with Gasteiger partial charge in [-0.05, 0) is 98.5 Å². The average molecular weight is 469 g/mol. The van der Waals surface area contributed by atoms with E-state index in [1.807, 2.05) is 30.3 Å². The van der Waals surface area contributed by atoms with E-state index in [9.17, 15) is 4.79 Å². The van der Waals surface area contributed by atoms with Crippen LogP contribution in [0.4, 0.5) is 0 Å². The maximum atomic E-state index is 13.1. The molecule has 1 fully saturated rings. The van der Waals surface area contributed by atoms with Gasteiger partial charge in [0.05, 0.1) is 29.8 Å². The molecule has 0 saturated heterocycles. The number of pyridine rings is 1. The Balaban J connectivity index is 1.11. The van der Waals surface area contributed by atoms with Crippen molar-refractivity contribution < 1.29 is 9.53 Å². The molecule has 1 aliphatic heterocycles. The Morgan fingerprint density at radius 2 is 2.00 bits per heavy atom. The molecule has 0 bridgehead atoms. The Morgan fingerprint density at radius 3 is 2.80 bits per heavy atom. The molecule has 0 spiro atoms. The van der Waals surface area contributed by atoms with Gasteiger partial charge in [0, 0.05) is 30.7 Å². The summed E-state index contributed by atoms with van der Waals surface area (Å²) in [5, 5.41) is 13.2. The summed E-state index contributed by atoms with van der Waals surface area (Å²) in [6, 6.07) is 16.0. The van der Waals surface area contributed by atoms with Crippen molar-refractivity contribution in [3.8, 4) is 11.8 Å². The number of carbonyl (C=O) groups is 1. The first-order valence-electron chi connectivity index (χ1n) is 12.6. The fraction of sp³-hybridized carbons (Fsp3) is 0.414. The first-order chi connectivity index (χ1) is 17.1. The van der Waals surface area contributed by atoms with Gasteiger partial charge in [-0.15, -0.1) is 0 Å². The summed E-state index contributed by atoms with van der Waals surface area (Å²) in [5.74, 6) is 1.42. The monoisotopic (exact) mass is 468 g/mol. The summed E-state index contributed by atoms with van der Waals surface area (Å²) >= 11 is 0. The normalized spacial score (nSPS) is 20.1. The van der Waals surface area contributed by atoms with Gasteiger partial charge >= 0.3 is 0 Å². The predicted octanol–water partition coefficient (Wildman–Crippen LogP) is 4.85. The molecule has 6 nitrogen and oxygen atoms in total. The quantitative estimate of drug-likeness (QED) is 0.559. The van der Waals surface area contributed by atoms with Crippen LogP contribution in [0.1, 0.15) is 59.2 Å². The molecule has 0 radical (unpaired) electrons. The van der Waals surface area contributed by atoms with Gasteiger partial charge in [-0.3, -0.25) is 14.7 Å². The number of rotatable bonds is 6. The molecule has 180 valence electrons. The lowest BCUT2D eigenvalue weighted by molar-refractivity contribution is 0.0921. The minimum Gasteiger partial charge on any atom is -0.497 e. The highest BCUT2D eigenvalue weighted by Gasteiger charge is 2.25. The molecule has 2 heterocycles. The molecular formula is C29H32N4O2. The second kappa shape index (κ2) is 10.5. The highest BCUT2D eigenvalue weighted by atomic mass is 16.5. The second-order valence-corrected chi connectivity index (χ2v) is 9.84. The minimum absolute atomic E-state index is 0.0272. The van der Waals surface area contributed by atoms with E-state index in [0.29, 0.717) is 5.56 Å². The molecule has 3 aromatic rings. The number of nitrogens with one attached hydrogen (secondary N) is 1. The third kappa shape index (κ3) is 5.31. The molecule has 35 heavy (non-hydrogen) atoms. The van der Waals surface area contributed by atoms with Gasteiger partial charge < -0.3 is 10.1 Å². The lowest BCUT2D eigenvalue weighted by Crippen LogP contribution is -2.38. The SMILES string of the molecule is COc1ccc2nccc(C(=O)NC3CCC(CCN4CCc5cc(C#N)ccc5C4)CC3)c2c1. The Hall–Kier alpha value is -3.43. The largest absolute Gasteiger partial charge is 0.497 e. The van der Waals surface area contributed by atoms with Crippen LogP contribution >= 0.6 is 0 Å². The van der Waals surface area contributed by atoms with Crippen LogP contribution in [0, 0.1) is 17.2 Å². The summed E-state index contributed by atoms with van der Waals surface area (Å²) in [7, 11) is 1.63. The zero-order valence-corrected chi connectivity index (χ0v) is 20.3. The van der Waals surface area contributed by atoms with Crippen LogP contribution in [0.5, 0.6) is 5.75 Å². The standard InChI is InChI=1S/C29H32N4O2/c1-35-25-8-9-28-27(17-25)26(10-13-31-28)29(34)32-24-6-3-20(4-7-24)11-14-33-15-12-22-16-21(18-30)2-5-23(22)19-33/h2,5,8-10,13,16-17,20,24H,3-4,6-7,11-12,14-15,19H2,1H3,(H,32,34). The number of methoxy groups -OCH3 is 1. The molecule has 5 rings (SSSR count). The smallest absolute Gasteiger partial charge is 0.252 e. The van der Waals surface area contributed by atoms with E-state index in [2.05, 4.69) is 27.3 Å². The van der Waals surface area contributed by atoms with E-state index < -0.39 is 0 Å². The topological polar surface area (TPSA) is 78.2 Å². The van der Waals surface area contributed by atoms with Crippen molar-refractivity contribution in [3.05, 3.63) is 70.9 Å². The number of benzene rings is 2. The molecule has 1 saturated carbocycles. The molecule has 6 heteroatoms. The number of aromatic nitrogens is 1. The molecular weight excluding hydrogens is 436 g/mol. The molecule has 2 aromatic carbocycles. The Kier molecular flexibility index (Phi) is 6.96. The average Bonchev–Trinajstić information content (AvgIpc) is 2.91. The number of fused-ring (bicyclic) bond motifs is 2. The highest BCUT2D eigenvalue weighted by Crippen LogP contribution is 2.29. The fourth-order valence-electron chi connectivity index (χ4n) is 5.55. The Morgan fingerprint density at radius 1 is 1.14 bits per heavy atom. The molecule has 0 atom stereocenters. The second-order valence-electron chi connectivity index (χ2n) is 9.84. The minimum atomic E-state index is -0.0272. The van der Waals surface area contributed by atoms with E-state index in [1.165, 1.54) is 17.5 Å². The molecule has 2 aliphatic rings. The first-order valence-corrected chi connectivity index (χ1v) is 12.6. The van der Waals surface area contributed by atoms with E-state index in [0.717, 1.165) is 79.9 Å². The van der Waals surface area contributed by atoms with Crippen molar-refractivity contribution >= 4 is 16.8 Å². The summed E-state index contributed by atoms with van der Waals surface area (Å²) in [6.07, 6.45) is 8.31. The predicted molar refractivity (Wildman–Crippen MR) is 136 cm³/mol. The molecule has 1 amide bonds. The third-order valence-electron chi connectivity index (χ3n) is 7.66. The van der Waals surface area contributed by atoms with Gasteiger partial charge in [0.1, 0.15) is 5.75 Å². The molecule has 1 N–H and O–H groups in total. The van der Waals surface area contributed by atoms with Crippen molar-refractivity contribution in [3.63, 3.8) is 0 Å². The first kappa shape index (κ1) is 23.3. The maximum Gasteiger partial charge on any atom is 0.252 e. The molecule has 0 unspecified atom stereocenters. The Labute approximate surface area is 206 Å². The van der Waals surface area contributed by atoms with E-state index >= 15 is 0 Å². The van der Waals surface area contributed by atoms with Crippen LogP contribution in [0.3, 0.4) is 0 Å². The van der Waals surface area contributed by atoms with Crippen LogP contribution < -0.4 is 10.1 Å². The van der Waals surface area contributed by atoms with Gasteiger partial charge in [0.15, 0.2) is 0 Å². The number of hydrogen-bond donors (Lipinski definition) is 1. The highest BCUT2D eigenvalue weighted by molar-refractivity contribution is 6.06. The Bertz CT molecular complexity index is 1260. The number of hydrogen-bond acceptors (Lipinski definition) is 5. The van der Waals surface area contributed by atoms with Gasteiger partial charge in [-0.1, -0.05) is 6.07 Å². The summed E-state index contributed by atoms with van der Waals surface area (Å²) in [4.78, 5) is 20.0. The van der Waals surface area contributed by atoms with Crippen molar-refractivity contribution in [1.29, 1.82) is 5.26 Å². The van der Waals surface area contributed by atoms with E-state index in [4.69, 9.17) is 10.00 Å². The van der Waals surface area contributed by atoms with Gasteiger partial charge in [0.25, 0.3) is 5.91 Å². The summed E-state index contributed by atoms with van der Waals surface area (Å²) in [5.41, 5.74) is 4.91. The number of carbonyl (C=O) groups excluding carboxylic acids is 1. The van der Waals surface area contributed by atoms with Gasteiger partial charge in [0.2, 0.25) is 0 Å². The summed E-state index contributed by atoms with van der Waals surface area (Å²) < 4.78 is 5.34. The maximum absolute atomic E-state index is 13.1. The number of nitrogens with zero attached hydrogens (tertiary/aromatic N) is 3. The fourth-order valence-corrected chi connectivity index (χ4v) is 5.55. The van der Waals surface area contributed by atoms with Crippen LogP contribution in [0.25, 0.3) is 10.9 Å². The van der Waals surface area contributed by atoms with E-state index in [-0.39, 0.29) is 11.9 Å². The lowest BCUT2D eigenvalue weighted by Gasteiger charge is -2.33. The van der Waals surface area contributed by atoms with Crippen LogP contribution in [0.2, 0.25) is 0 Å². The lowest BCUT2D eigenvalue weighted by atomic mass is 9.83. The molecule has 1 aliphatic carbocycles. The number of nitriles is 1. The zero-order valence-electron chi connectivity index (χ0n) is 20.3. The number of amides is 1. The zero-order chi connectivity index (χ0) is 24.2. The number of ether oxygens (including phenoxy) is 1. The van der Waals surface area contributed by atoms with Gasteiger partial charge in [-0.25, -0.2) is 0 Å². The summed E-state index contributed by atoms with van der Waals surface area (Å²) in [6.45, 7) is 3.17. The van der Waals surface area contributed by atoms with Crippen LogP contribution in [-0.4, -0.2) is 42.0 Å².